The lowest BCUT2D eigenvalue weighted by Crippen LogP contribution is -2.47. The van der Waals surface area contributed by atoms with Gasteiger partial charge in [-0.3, -0.25) is 9.59 Å². The van der Waals surface area contributed by atoms with Crippen LogP contribution in [0.1, 0.15) is 45.4 Å². The van der Waals surface area contributed by atoms with E-state index in [1.54, 1.807) is 50.6 Å². The topological polar surface area (TPSA) is 101 Å². The van der Waals surface area contributed by atoms with E-state index >= 15 is 4.39 Å². The van der Waals surface area contributed by atoms with Crippen molar-refractivity contribution < 1.29 is 23.5 Å². The average Bonchev–Trinajstić information content (AvgIpc) is 2.83. The van der Waals surface area contributed by atoms with Gasteiger partial charge in [0.25, 0.3) is 0 Å². The molecule has 0 aliphatic heterocycles. The molecule has 208 valence electrons. The summed E-state index contributed by atoms with van der Waals surface area (Å²) in [5.74, 6) is 0.0137. The van der Waals surface area contributed by atoms with Gasteiger partial charge in [-0.05, 0) is 79.5 Å². The van der Waals surface area contributed by atoms with E-state index in [2.05, 4.69) is 27.5 Å². The molecule has 2 amide bonds. The van der Waals surface area contributed by atoms with E-state index in [1.807, 2.05) is 0 Å². The van der Waals surface area contributed by atoms with Crippen LogP contribution in [0.4, 0.5) is 15.8 Å². The highest BCUT2D eigenvalue weighted by molar-refractivity contribution is 6.03. The fraction of sp³-hybridized carbons (Fsp3) is 0.433. The van der Waals surface area contributed by atoms with Gasteiger partial charge in [0.05, 0.1) is 11.8 Å². The number of benzene rings is 2. The zero-order valence-corrected chi connectivity index (χ0v) is 22.6. The van der Waals surface area contributed by atoms with E-state index in [-0.39, 0.29) is 29.3 Å². The lowest BCUT2D eigenvalue weighted by atomic mass is 9.52. The van der Waals surface area contributed by atoms with E-state index in [0.717, 1.165) is 0 Å². The first-order chi connectivity index (χ1) is 18.8. The second kappa shape index (κ2) is 12.9. The molecule has 2 saturated carbocycles. The van der Waals surface area contributed by atoms with Crippen LogP contribution in [0.15, 0.2) is 41.4 Å². The number of ether oxygens (including phenoxy) is 2. The molecular formula is C30H37FN4O4. The molecule has 0 bridgehead atoms. The second-order valence-corrected chi connectivity index (χ2v) is 10.4. The molecule has 0 heterocycles. The van der Waals surface area contributed by atoms with Crippen LogP contribution >= 0.6 is 0 Å². The Morgan fingerprint density at radius 2 is 1.79 bits per heavy atom. The Morgan fingerprint density at radius 1 is 1.10 bits per heavy atom. The van der Waals surface area contributed by atoms with Crippen molar-refractivity contribution in [1.82, 2.24) is 5.32 Å². The minimum absolute atomic E-state index is 0.223. The van der Waals surface area contributed by atoms with Crippen LogP contribution in [0.3, 0.4) is 0 Å². The van der Waals surface area contributed by atoms with E-state index in [0.29, 0.717) is 53.4 Å². The Labute approximate surface area is 228 Å². The number of methoxy groups -OCH3 is 1. The summed E-state index contributed by atoms with van der Waals surface area (Å²) in [5.41, 5.74) is 1.75. The zero-order chi connectivity index (χ0) is 27.8. The number of hydrogen-bond acceptors (Lipinski definition) is 6. The first-order valence-electron chi connectivity index (χ1n) is 13.4. The Hall–Kier alpha value is -3.72. The smallest absolute Gasteiger partial charge is 0.233 e. The first-order valence-corrected chi connectivity index (χ1v) is 13.4. The Bertz CT molecular complexity index is 1310. The summed E-state index contributed by atoms with van der Waals surface area (Å²) < 4.78 is 25.5. The van der Waals surface area contributed by atoms with E-state index in [4.69, 9.17) is 9.47 Å². The van der Waals surface area contributed by atoms with Crippen LogP contribution in [-0.4, -0.2) is 44.9 Å². The number of carbonyl (C=O) groups is 2. The van der Waals surface area contributed by atoms with Crippen molar-refractivity contribution in [1.29, 1.82) is 0 Å². The van der Waals surface area contributed by atoms with Crippen molar-refractivity contribution in [3.05, 3.63) is 52.7 Å². The largest absolute Gasteiger partial charge is 0.491 e. The molecule has 0 aromatic heterocycles. The van der Waals surface area contributed by atoms with Gasteiger partial charge >= 0.3 is 0 Å². The minimum atomic E-state index is -0.523. The fourth-order valence-corrected chi connectivity index (χ4v) is 5.36. The number of carbonyl (C=O) groups excluding carboxylic acids is 2. The quantitative estimate of drug-likeness (QED) is 0.219. The van der Waals surface area contributed by atoms with E-state index in [1.165, 1.54) is 38.2 Å². The number of aliphatic imine (C=N–C) groups is 1. The van der Waals surface area contributed by atoms with Crippen molar-refractivity contribution in [3.63, 3.8) is 0 Å². The standard InChI is InChI=1S/C30H37FN4O4/c1-4-32-29(28-20(2)14-24(15-25(28)31)39-13-12-38-3)35-23-8-6-22(7-9-23)34-27(37)16-26(36)33-19-21-17-30(18-21)10-5-11-30/h4,6-9,14-15,21,35H,2,5,10-13,16-19H2,1,3H3,(H,33,36)(H,34,37)/b29-28-,32-4-. The summed E-state index contributed by atoms with van der Waals surface area (Å²) in [6, 6.07) is 9.80. The molecule has 2 aromatic carbocycles. The van der Waals surface area contributed by atoms with Gasteiger partial charge < -0.3 is 25.4 Å². The summed E-state index contributed by atoms with van der Waals surface area (Å²) in [7, 11) is 1.56. The molecule has 0 saturated heterocycles. The molecule has 0 unspecified atom stereocenters. The third kappa shape index (κ3) is 7.44. The molecule has 2 aliphatic rings. The van der Waals surface area contributed by atoms with E-state index in [9.17, 15) is 9.59 Å². The van der Waals surface area contributed by atoms with Crippen molar-refractivity contribution in [2.75, 3.05) is 37.5 Å². The minimum Gasteiger partial charge on any atom is -0.491 e. The molecule has 0 radical (unpaired) electrons. The molecule has 0 atom stereocenters. The SMILES string of the molecule is C=c1cc(OCCOC)cc(F)/c1=C(/N=C\C)Nc1ccc(NC(=O)CC(=O)NCC2CC3(CCC3)C2)cc1. The predicted octanol–water partition coefficient (Wildman–Crippen LogP) is 3.55. The normalized spacial score (nSPS) is 16.8. The number of nitrogens with zero attached hydrogens (tertiary/aromatic N) is 1. The van der Waals surface area contributed by atoms with Crippen molar-refractivity contribution in [2.45, 2.75) is 45.4 Å². The van der Waals surface area contributed by atoms with Gasteiger partial charge in [-0.2, -0.15) is 0 Å². The Balaban J connectivity index is 1.32. The van der Waals surface area contributed by atoms with Crippen LogP contribution in [0.2, 0.25) is 0 Å². The van der Waals surface area contributed by atoms with Crippen LogP contribution in [0.25, 0.3) is 12.4 Å². The lowest BCUT2D eigenvalue weighted by molar-refractivity contribution is -0.127. The zero-order valence-electron chi connectivity index (χ0n) is 22.6. The molecular weight excluding hydrogens is 499 g/mol. The summed E-state index contributed by atoms with van der Waals surface area (Å²) >= 11 is 0. The Kier molecular flexibility index (Phi) is 9.35. The average molecular weight is 537 g/mol. The van der Waals surface area contributed by atoms with Gasteiger partial charge in [-0.15, -0.1) is 0 Å². The molecule has 4 rings (SSSR count). The second-order valence-electron chi connectivity index (χ2n) is 10.4. The number of halogens is 1. The third-order valence-electron chi connectivity index (χ3n) is 7.39. The lowest BCUT2D eigenvalue weighted by Gasteiger charge is -2.54. The van der Waals surface area contributed by atoms with Gasteiger partial charge in [0, 0.05) is 37.3 Å². The van der Waals surface area contributed by atoms with Gasteiger partial charge in [-0.1, -0.05) is 13.0 Å². The molecule has 2 aromatic rings. The number of rotatable bonds is 12. The van der Waals surface area contributed by atoms with Gasteiger partial charge in [0.15, 0.2) is 0 Å². The van der Waals surface area contributed by atoms with Crippen LogP contribution < -0.4 is 31.1 Å². The molecule has 39 heavy (non-hydrogen) atoms. The molecule has 1 spiro atoms. The highest BCUT2D eigenvalue weighted by Crippen LogP contribution is 2.58. The highest BCUT2D eigenvalue weighted by Gasteiger charge is 2.47. The number of nitrogens with one attached hydrogen (secondary N) is 3. The summed E-state index contributed by atoms with van der Waals surface area (Å²) in [6.07, 6.45) is 7.70. The molecule has 8 nitrogen and oxygen atoms in total. The number of amides is 2. The monoisotopic (exact) mass is 536 g/mol. The highest BCUT2D eigenvalue weighted by atomic mass is 19.1. The van der Waals surface area contributed by atoms with Crippen LogP contribution in [-0.2, 0) is 14.3 Å². The third-order valence-corrected chi connectivity index (χ3v) is 7.39. The maximum atomic E-state index is 15.0. The van der Waals surface area contributed by atoms with Crippen molar-refractivity contribution in [3.8, 4) is 5.75 Å². The first kappa shape index (κ1) is 28.3. The van der Waals surface area contributed by atoms with Crippen molar-refractivity contribution in [2.24, 2.45) is 16.3 Å². The fourth-order valence-electron chi connectivity index (χ4n) is 5.36. The molecule has 3 N–H and O–H groups in total. The van der Waals surface area contributed by atoms with Gasteiger partial charge in [0.2, 0.25) is 11.8 Å². The van der Waals surface area contributed by atoms with Gasteiger partial charge in [0.1, 0.15) is 30.4 Å². The summed E-state index contributed by atoms with van der Waals surface area (Å²) in [4.78, 5) is 28.9. The van der Waals surface area contributed by atoms with Gasteiger partial charge in [-0.25, -0.2) is 9.38 Å². The molecule has 2 fully saturated rings. The summed E-state index contributed by atoms with van der Waals surface area (Å²) in [5, 5.41) is 9.39. The maximum absolute atomic E-state index is 15.0. The molecule has 9 heteroatoms. The number of hydrogen-bond donors (Lipinski definition) is 3. The number of anilines is 2. The van der Waals surface area contributed by atoms with E-state index < -0.39 is 5.82 Å². The maximum Gasteiger partial charge on any atom is 0.233 e. The summed E-state index contributed by atoms with van der Waals surface area (Å²) in [6.45, 7) is 7.03. The van der Waals surface area contributed by atoms with Crippen molar-refractivity contribution >= 4 is 41.8 Å². The molecule has 2 aliphatic carbocycles. The predicted molar refractivity (Wildman–Crippen MR) is 151 cm³/mol. The van der Waals surface area contributed by atoms with Crippen LogP contribution in [0.5, 0.6) is 5.75 Å². The Morgan fingerprint density at radius 3 is 2.38 bits per heavy atom. The van der Waals surface area contributed by atoms with Crippen LogP contribution in [0, 0.1) is 17.2 Å².